The number of methoxy groups -OCH3 is 2. The molecular weight excluding hydrogens is 262 g/mol. The summed E-state index contributed by atoms with van der Waals surface area (Å²) < 4.78 is 16.5. The van der Waals surface area contributed by atoms with Crippen LogP contribution < -0.4 is 14.2 Å². The number of rotatable bonds is 5. The second-order valence-electron chi connectivity index (χ2n) is 5.33. The quantitative estimate of drug-likeness (QED) is 0.352. The van der Waals surface area contributed by atoms with Crippen molar-refractivity contribution in [3.05, 3.63) is 11.3 Å². The Morgan fingerprint density at radius 2 is 1.70 bits per heavy atom. The fourth-order valence-corrected chi connectivity index (χ4v) is 1.38. The van der Waals surface area contributed by atoms with Gasteiger partial charge in [-0.2, -0.15) is 9.97 Å². The Morgan fingerprint density at radius 3 is 2.05 bits per heavy atom. The second-order valence-corrected chi connectivity index (χ2v) is 5.33. The second kappa shape index (κ2) is 6.40. The van der Waals surface area contributed by atoms with Gasteiger partial charge in [-0.3, -0.25) is 0 Å². The van der Waals surface area contributed by atoms with Gasteiger partial charge in [0, 0.05) is 5.41 Å². The molecule has 0 N–H and O–H groups in total. The minimum Gasteiger partial charge on any atom is -0.624 e. The van der Waals surface area contributed by atoms with Gasteiger partial charge < -0.3 is 19.4 Å². The van der Waals surface area contributed by atoms with Crippen LogP contribution in [0.3, 0.4) is 0 Å². The van der Waals surface area contributed by atoms with E-state index in [1.807, 2.05) is 20.8 Å². The molecule has 0 fully saturated rings. The van der Waals surface area contributed by atoms with Crippen LogP contribution in [0.15, 0.2) is 6.07 Å². The summed E-state index contributed by atoms with van der Waals surface area (Å²) in [6.07, 6.45) is 0.941. The summed E-state index contributed by atoms with van der Waals surface area (Å²) in [5, 5.41) is 11.2. The third-order valence-electron chi connectivity index (χ3n) is 2.51. The van der Waals surface area contributed by atoms with E-state index < -0.39 is 6.10 Å². The minimum absolute atomic E-state index is 0.0965. The van der Waals surface area contributed by atoms with Gasteiger partial charge in [0.2, 0.25) is 11.8 Å². The molecule has 0 saturated heterocycles. The zero-order valence-electron chi connectivity index (χ0n) is 12.7. The average molecular weight is 283 g/mol. The van der Waals surface area contributed by atoms with E-state index in [2.05, 4.69) is 9.97 Å². The van der Waals surface area contributed by atoms with Crippen LogP contribution in [0, 0.1) is 10.6 Å². The molecule has 1 rings (SSSR count). The molecule has 0 aliphatic rings. The van der Waals surface area contributed by atoms with Crippen molar-refractivity contribution in [3.63, 3.8) is 0 Å². The highest BCUT2D eigenvalue weighted by Crippen LogP contribution is 2.25. The number of aromatic nitrogens is 2. The Labute approximate surface area is 118 Å². The number of nitrogens with zero attached hydrogens (tertiary/aromatic N) is 3. The lowest BCUT2D eigenvalue weighted by Gasteiger charge is -2.26. The largest absolute Gasteiger partial charge is 0.624 e. The third-order valence-corrected chi connectivity index (χ3v) is 2.51. The molecule has 0 spiro atoms. The van der Waals surface area contributed by atoms with Crippen molar-refractivity contribution >= 4 is 6.21 Å². The zero-order chi connectivity index (χ0) is 15.3. The van der Waals surface area contributed by atoms with Gasteiger partial charge in [0.1, 0.15) is 7.05 Å². The van der Waals surface area contributed by atoms with E-state index in [1.54, 1.807) is 6.07 Å². The predicted octanol–water partition coefficient (Wildman–Crippen LogP) is 1.50. The van der Waals surface area contributed by atoms with Crippen molar-refractivity contribution in [1.82, 2.24) is 9.97 Å². The first-order chi connectivity index (χ1) is 9.26. The van der Waals surface area contributed by atoms with Crippen molar-refractivity contribution in [2.75, 3.05) is 21.3 Å². The van der Waals surface area contributed by atoms with E-state index in [9.17, 15) is 5.21 Å². The molecule has 1 unspecified atom stereocenters. The Kier molecular flexibility index (Phi) is 5.12. The first kappa shape index (κ1) is 16.0. The summed E-state index contributed by atoms with van der Waals surface area (Å²) in [7, 11) is 4.38. The summed E-state index contributed by atoms with van der Waals surface area (Å²) in [5.41, 5.74) is -0.293. The van der Waals surface area contributed by atoms with Crippen LogP contribution >= 0.6 is 0 Å². The predicted molar refractivity (Wildman–Crippen MR) is 74.6 cm³/mol. The van der Waals surface area contributed by atoms with Crippen LogP contribution in [-0.2, 0) is 0 Å². The van der Waals surface area contributed by atoms with Crippen LogP contribution in [0.4, 0.5) is 0 Å². The standard InChI is InChI=1S/C13H21N3O4/c1-13(2,3)9(8-16(4)17)20-12-14-10(18-5)7-11(15-12)19-6/h7-9H,1-6H3/b16-8-. The van der Waals surface area contributed by atoms with E-state index >= 15 is 0 Å². The molecule has 1 aromatic heterocycles. The van der Waals surface area contributed by atoms with Crippen molar-refractivity contribution in [1.29, 1.82) is 0 Å². The summed E-state index contributed by atoms with van der Waals surface area (Å²) >= 11 is 0. The molecule has 1 heterocycles. The molecule has 1 aromatic rings. The van der Waals surface area contributed by atoms with Crippen LogP contribution in [0.25, 0.3) is 0 Å². The van der Waals surface area contributed by atoms with Crippen LogP contribution in [0.2, 0.25) is 0 Å². The smallest absolute Gasteiger partial charge is 0.323 e. The molecule has 0 aromatic carbocycles. The van der Waals surface area contributed by atoms with Gasteiger partial charge in [-0.25, -0.2) is 4.74 Å². The lowest BCUT2D eigenvalue weighted by molar-refractivity contribution is -0.421. The minimum atomic E-state index is -0.484. The maximum atomic E-state index is 11.2. The highest BCUT2D eigenvalue weighted by Gasteiger charge is 2.29. The molecule has 0 amide bonds. The van der Waals surface area contributed by atoms with Gasteiger partial charge in [0.25, 0.3) is 0 Å². The van der Waals surface area contributed by atoms with E-state index in [1.165, 1.54) is 27.5 Å². The molecule has 0 aliphatic carbocycles. The van der Waals surface area contributed by atoms with E-state index in [-0.39, 0.29) is 11.4 Å². The van der Waals surface area contributed by atoms with Crippen LogP contribution in [0.5, 0.6) is 17.8 Å². The van der Waals surface area contributed by atoms with Crippen molar-refractivity contribution < 1.29 is 18.9 Å². The molecule has 1 atom stereocenters. The normalized spacial score (nSPS) is 13.8. The van der Waals surface area contributed by atoms with Gasteiger partial charge >= 0.3 is 6.01 Å². The molecule has 0 saturated carbocycles. The molecule has 0 aliphatic heterocycles. The fraction of sp³-hybridized carbons (Fsp3) is 0.615. The van der Waals surface area contributed by atoms with Crippen LogP contribution in [-0.4, -0.2) is 48.3 Å². The number of hydrogen-bond donors (Lipinski definition) is 0. The summed E-state index contributed by atoms with van der Waals surface area (Å²) in [6, 6.07) is 1.64. The molecule has 0 bridgehead atoms. The Bertz CT molecular complexity index is 457. The van der Waals surface area contributed by atoms with E-state index in [0.717, 1.165) is 0 Å². The molecule has 20 heavy (non-hydrogen) atoms. The molecule has 0 radical (unpaired) electrons. The van der Waals surface area contributed by atoms with Gasteiger partial charge in [-0.05, 0) is 0 Å². The number of hydrogen-bond acceptors (Lipinski definition) is 6. The SMILES string of the molecule is COc1cc(OC)nc(OC(/C=[N+](/C)[O-])C(C)(C)C)n1. The Morgan fingerprint density at radius 1 is 1.20 bits per heavy atom. The van der Waals surface area contributed by atoms with Crippen molar-refractivity contribution in [2.45, 2.75) is 26.9 Å². The highest BCUT2D eigenvalue weighted by atomic mass is 16.5. The van der Waals surface area contributed by atoms with Crippen molar-refractivity contribution in [2.24, 2.45) is 5.41 Å². The van der Waals surface area contributed by atoms with E-state index in [0.29, 0.717) is 16.5 Å². The number of hydroxylamine groups is 1. The van der Waals surface area contributed by atoms with E-state index in [4.69, 9.17) is 14.2 Å². The fourth-order valence-electron chi connectivity index (χ4n) is 1.38. The van der Waals surface area contributed by atoms with Crippen LogP contribution in [0.1, 0.15) is 20.8 Å². The van der Waals surface area contributed by atoms with Gasteiger partial charge in [0.05, 0.1) is 20.3 Å². The van der Waals surface area contributed by atoms with Gasteiger partial charge in [-0.1, -0.05) is 20.8 Å². The Hall–Kier alpha value is -2.05. The lowest BCUT2D eigenvalue weighted by atomic mass is 9.90. The first-order valence-corrected chi connectivity index (χ1v) is 6.15. The summed E-state index contributed by atoms with van der Waals surface area (Å²) in [6.45, 7) is 5.86. The zero-order valence-corrected chi connectivity index (χ0v) is 12.7. The topological polar surface area (TPSA) is 79.5 Å². The monoisotopic (exact) mass is 283 g/mol. The Balaban J connectivity index is 3.07. The van der Waals surface area contributed by atoms with Crippen molar-refractivity contribution in [3.8, 4) is 17.8 Å². The first-order valence-electron chi connectivity index (χ1n) is 6.15. The highest BCUT2D eigenvalue weighted by molar-refractivity contribution is 5.59. The molecule has 7 nitrogen and oxygen atoms in total. The maximum Gasteiger partial charge on any atom is 0.323 e. The maximum absolute atomic E-state index is 11.2. The van der Waals surface area contributed by atoms with Gasteiger partial charge in [0.15, 0.2) is 12.3 Å². The number of ether oxygens (including phenoxy) is 3. The molecule has 7 heteroatoms. The third kappa shape index (κ3) is 4.56. The average Bonchev–Trinajstić information content (AvgIpc) is 2.35. The summed E-state index contributed by atoms with van der Waals surface area (Å²) in [5.74, 6) is 0.657. The molecule has 112 valence electrons. The molecular formula is C13H21N3O4. The lowest BCUT2D eigenvalue weighted by Crippen LogP contribution is -2.36. The summed E-state index contributed by atoms with van der Waals surface area (Å²) in [4.78, 5) is 8.17. The van der Waals surface area contributed by atoms with Gasteiger partial charge in [-0.15, -0.1) is 0 Å².